The smallest absolute Gasteiger partial charge is 0.527 e. The van der Waals surface area contributed by atoms with Gasteiger partial charge in [-0.15, -0.1) is 11.3 Å². The van der Waals surface area contributed by atoms with Gasteiger partial charge in [0.05, 0.1) is 9.21 Å². The van der Waals surface area contributed by atoms with E-state index in [1.807, 2.05) is 37.3 Å². The maximum absolute atomic E-state index is 9.64. The van der Waals surface area contributed by atoms with Crippen LogP contribution in [0.2, 0.25) is 4.34 Å². The molecule has 132 valence electrons. The number of nitrogens with zero attached hydrogens (tertiary/aromatic N) is 2. The van der Waals surface area contributed by atoms with Gasteiger partial charge in [-0.25, -0.2) is 9.97 Å². The summed E-state index contributed by atoms with van der Waals surface area (Å²) >= 11 is 7.52. The third-order valence-corrected chi connectivity index (χ3v) is 5.58. The molecule has 0 saturated heterocycles. The molecular formula is C18H17BClN3O2S. The van der Waals surface area contributed by atoms with Crippen molar-refractivity contribution >= 4 is 41.6 Å². The highest BCUT2D eigenvalue weighted by molar-refractivity contribution is 7.19. The van der Waals surface area contributed by atoms with Crippen molar-refractivity contribution in [3.63, 3.8) is 0 Å². The zero-order valence-electron chi connectivity index (χ0n) is 14.4. The lowest BCUT2D eigenvalue weighted by atomic mass is 9.85. The molecule has 0 atom stereocenters. The lowest BCUT2D eigenvalue weighted by Crippen LogP contribution is -2.17. The second-order valence-corrected chi connectivity index (χ2v) is 7.86. The predicted octanol–water partition coefficient (Wildman–Crippen LogP) is 4.43. The minimum Gasteiger partial charge on any atom is -0.536 e. The number of hydrogen-bond donors (Lipinski definition) is 2. The van der Waals surface area contributed by atoms with Crippen molar-refractivity contribution in [1.29, 1.82) is 0 Å². The summed E-state index contributed by atoms with van der Waals surface area (Å²) in [5.74, 6) is 2.14. The first-order chi connectivity index (χ1) is 12.5. The molecule has 0 radical (unpaired) electrons. The fourth-order valence-corrected chi connectivity index (χ4v) is 4.07. The van der Waals surface area contributed by atoms with Crippen LogP contribution >= 0.6 is 22.9 Å². The van der Waals surface area contributed by atoms with Gasteiger partial charge >= 0.3 is 7.12 Å². The van der Waals surface area contributed by atoms with E-state index in [1.54, 1.807) is 0 Å². The summed E-state index contributed by atoms with van der Waals surface area (Å²) in [6.07, 6.45) is 1.34. The topological polar surface area (TPSA) is 67.3 Å². The van der Waals surface area contributed by atoms with Gasteiger partial charge in [-0.3, -0.25) is 0 Å². The molecule has 0 saturated carbocycles. The molecule has 0 bridgehead atoms. The Morgan fingerprint density at radius 2 is 2.15 bits per heavy atom. The molecule has 3 aromatic rings. The molecule has 4 rings (SSSR count). The van der Waals surface area contributed by atoms with Crippen LogP contribution in [0.4, 0.5) is 11.5 Å². The number of aromatic nitrogens is 2. The third-order valence-electron chi connectivity index (χ3n) is 4.35. The van der Waals surface area contributed by atoms with Gasteiger partial charge < -0.3 is 15.0 Å². The van der Waals surface area contributed by atoms with Crippen LogP contribution in [-0.4, -0.2) is 22.1 Å². The van der Waals surface area contributed by atoms with Crippen LogP contribution in [0, 0.1) is 6.92 Å². The van der Waals surface area contributed by atoms with Gasteiger partial charge in [0.15, 0.2) is 5.82 Å². The monoisotopic (exact) mass is 385 g/mol. The number of halogens is 1. The van der Waals surface area contributed by atoms with E-state index in [0.717, 1.165) is 39.6 Å². The van der Waals surface area contributed by atoms with Gasteiger partial charge in [0.1, 0.15) is 11.6 Å². The summed E-state index contributed by atoms with van der Waals surface area (Å²) in [7, 11) is -0.761. The van der Waals surface area contributed by atoms with Crippen LogP contribution in [0.1, 0.15) is 23.7 Å². The maximum atomic E-state index is 9.64. The average molecular weight is 386 g/mol. The summed E-state index contributed by atoms with van der Waals surface area (Å²) in [5.41, 5.74) is 3.88. The summed E-state index contributed by atoms with van der Waals surface area (Å²) in [4.78, 5) is 10.3. The summed E-state index contributed by atoms with van der Waals surface area (Å²) in [5, 5.41) is 13.0. The van der Waals surface area contributed by atoms with Gasteiger partial charge in [0.2, 0.25) is 0 Å². The van der Waals surface area contributed by atoms with Gasteiger partial charge in [0, 0.05) is 29.3 Å². The summed E-state index contributed by atoms with van der Waals surface area (Å²) in [6.45, 7) is 4.08. The Morgan fingerprint density at radius 3 is 2.88 bits per heavy atom. The van der Waals surface area contributed by atoms with Gasteiger partial charge in [-0.1, -0.05) is 24.6 Å². The first-order valence-corrected chi connectivity index (χ1v) is 9.61. The summed E-state index contributed by atoms with van der Waals surface area (Å²) in [6, 6.07) is 9.61. The third kappa shape index (κ3) is 3.30. The Balaban J connectivity index is 1.71. The van der Waals surface area contributed by atoms with Gasteiger partial charge in [-0.2, -0.15) is 0 Å². The molecule has 0 fully saturated rings. The number of nitrogens with one attached hydrogen (secondary N) is 1. The van der Waals surface area contributed by atoms with Crippen LogP contribution in [0.25, 0.3) is 10.7 Å². The zero-order valence-corrected chi connectivity index (χ0v) is 16.0. The van der Waals surface area contributed by atoms with Crippen LogP contribution in [0.3, 0.4) is 0 Å². The van der Waals surface area contributed by atoms with Crippen molar-refractivity contribution in [1.82, 2.24) is 9.97 Å². The quantitative estimate of drug-likeness (QED) is 0.650. The molecule has 0 aliphatic carbocycles. The number of aryl methyl sites for hydroxylation is 1. The van der Waals surface area contributed by atoms with Crippen molar-refractivity contribution in [2.75, 3.05) is 5.32 Å². The number of anilines is 2. The molecule has 0 unspecified atom stereocenters. The Morgan fingerprint density at radius 1 is 1.31 bits per heavy atom. The number of hydrogen-bond acceptors (Lipinski definition) is 6. The van der Waals surface area contributed by atoms with Crippen LogP contribution in [0.15, 0.2) is 30.3 Å². The molecule has 1 aliphatic rings. The maximum Gasteiger partial charge on any atom is 0.527 e. The van der Waals surface area contributed by atoms with E-state index in [4.69, 9.17) is 21.2 Å². The van der Waals surface area contributed by atoms with Gasteiger partial charge in [-0.05, 0) is 37.1 Å². The molecule has 3 heterocycles. The molecule has 26 heavy (non-hydrogen) atoms. The molecule has 1 aliphatic heterocycles. The van der Waals surface area contributed by atoms with E-state index in [1.165, 1.54) is 11.3 Å². The van der Waals surface area contributed by atoms with Crippen molar-refractivity contribution in [2.45, 2.75) is 26.6 Å². The molecule has 0 spiro atoms. The van der Waals surface area contributed by atoms with E-state index in [-0.39, 0.29) is 0 Å². The Labute approximate surface area is 161 Å². The first-order valence-electron chi connectivity index (χ1n) is 8.41. The molecule has 2 N–H and O–H groups in total. The van der Waals surface area contributed by atoms with E-state index in [0.29, 0.717) is 22.2 Å². The highest BCUT2D eigenvalue weighted by Gasteiger charge is 2.27. The lowest BCUT2D eigenvalue weighted by molar-refractivity contribution is 0.431. The fraction of sp³-hybridized carbons (Fsp3) is 0.222. The highest BCUT2D eigenvalue weighted by Crippen LogP contribution is 2.34. The number of fused-ring (bicyclic) bond motifs is 1. The van der Waals surface area contributed by atoms with Crippen molar-refractivity contribution in [3.8, 4) is 16.5 Å². The molecule has 0 amide bonds. The molecule has 1 aromatic carbocycles. The van der Waals surface area contributed by atoms with E-state index in [9.17, 15) is 5.02 Å². The molecule has 5 nitrogen and oxygen atoms in total. The minimum absolute atomic E-state index is 0.520. The average Bonchev–Trinajstić information content (AvgIpc) is 3.19. The standard InChI is InChI=1S/C18H17BClN3O2S/c1-3-13-10(2)21-18(15-6-7-16(20)26-15)23-17(13)22-12-5-4-11-9-19(24)25-14(11)8-12/h4-8,24H,3,9H2,1-2H3,(H,21,22,23). The zero-order chi connectivity index (χ0) is 18.3. The van der Waals surface area contributed by atoms with Crippen molar-refractivity contribution < 1.29 is 9.68 Å². The largest absolute Gasteiger partial charge is 0.536 e. The van der Waals surface area contributed by atoms with E-state index < -0.39 is 7.12 Å². The number of rotatable bonds is 4. The molecule has 2 aromatic heterocycles. The minimum atomic E-state index is -0.761. The highest BCUT2D eigenvalue weighted by atomic mass is 35.5. The lowest BCUT2D eigenvalue weighted by Gasteiger charge is -2.14. The first kappa shape index (κ1) is 17.3. The van der Waals surface area contributed by atoms with Crippen molar-refractivity contribution in [2.24, 2.45) is 0 Å². The second kappa shape index (κ2) is 6.91. The van der Waals surface area contributed by atoms with Gasteiger partial charge in [0.25, 0.3) is 0 Å². The normalized spacial score (nSPS) is 12.8. The Kier molecular flexibility index (Phi) is 4.61. The summed E-state index contributed by atoms with van der Waals surface area (Å²) < 4.78 is 6.14. The fourth-order valence-electron chi connectivity index (χ4n) is 3.09. The second-order valence-electron chi connectivity index (χ2n) is 6.14. The SMILES string of the molecule is CCc1c(C)nc(-c2ccc(Cl)s2)nc1Nc1ccc2c(c1)OB(O)C2. The number of benzene rings is 1. The van der Waals surface area contributed by atoms with Crippen LogP contribution < -0.4 is 9.97 Å². The Bertz CT molecular complexity index is 979. The van der Waals surface area contributed by atoms with Crippen LogP contribution in [0.5, 0.6) is 5.75 Å². The number of thiophene rings is 1. The van der Waals surface area contributed by atoms with E-state index >= 15 is 0 Å². The van der Waals surface area contributed by atoms with E-state index in [2.05, 4.69) is 17.2 Å². The molecular weight excluding hydrogens is 369 g/mol. The Hall–Kier alpha value is -2.09. The van der Waals surface area contributed by atoms with Crippen LogP contribution in [-0.2, 0) is 12.7 Å². The molecule has 8 heteroatoms. The van der Waals surface area contributed by atoms with Crippen molar-refractivity contribution in [3.05, 3.63) is 51.5 Å². The predicted molar refractivity (Wildman–Crippen MR) is 106 cm³/mol.